The number of carbonyl (C=O) groups is 2. The molecular formula is C13H16F2N4O3. The summed E-state index contributed by atoms with van der Waals surface area (Å²) < 4.78 is 26.4. The van der Waals surface area contributed by atoms with Gasteiger partial charge in [0.25, 0.3) is 12.3 Å². The number of hydrogen-bond donors (Lipinski definition) is 2. The van der Waals surface area contributed by atoms with Gasteiger partial charge in [0, 0.05) is 33.2 Å². The Balaban J connectivity index is 2.24. The quantitative estimate of drug-likeness (QED) is 0.875. The van der Waals surface area contributed by atoms with Crippen molar-refractivity contribution < 1.29 is 23.5 Å². The number of aromatic nitrogens is 1. The molecule has 0 atom stereocenters. The van der Waals surface area contributed by atoms with E-state index in [0.29, 0.717) is 13.1 Å². The molecule has 0 spiro atoms. The number of carboxylic acid groups (broad SMARTS) is 1. The Hall–Kier alpha value is -2.45. The van der Waals surface area contributed by atoms with Gasteiger partial charge >= 0.3 is 6.09 Å². The highest BCUT2D eigenvalue weighted by Gasteiger charge is 2.26. The number of carbonyl (C=O) groups excluding carboxylic acids is 1. The molecule has 2 rings (SSSR count). The summed E-state index contributed by atoms with van der Waals surface area (Å²) in [5.74, 6) is -0.538. The molecule has 2 amide bonds. The van der Waals surface area contributed by atoms with Crippen LogP contribution < -0.4 is 10.2 Å². The average Bonchev–Trinajstić information content (AvgIpc) is 2.53. The molecule has 0 aromatic carbocycles. The molecule has 2 N–H and O–H groups in total. The predicted octanol–water partition coefficient (Wildman–Crippen LogP) is 1.18. The summed E-state index contributed by atoms with van der Waals surface area (Å²) in [7, 11) is 1.39. The van der Waals surface area contributed by atoms with Crippen LogP contribution in [0.2, 0.25) is 0 Å². The molecule has 0 radical (unpaired) electrons. The number of piperazine rings is 1. The van der Waals surface area contributed by atoms with E-state index in [2.05, 4.69) is 10.3 Å². The highest BCUT2D eigenvalue weighted by atomic mass is 19.3. The maximum absolute atomic E-state index is 13.2. The van der Waals surface area contributed by atoms with Gasteiger partial charge in [-0.15, -0.1) is 0 Å². The summed E-state index contributed by atoms with van der Waals surface area (Å²) in [6.45, 7) is 1.06. The van der Waals surface area contributed by atoms with Crippen LogP contribution >= 0.6 is 0 Å². The molecule has 1 saturated heterocycles. The van der Waals surface area contributed by atoms with Crippen molar-refractivity contribution in [3.05, 3.63) is 23.5 Å². The number of nitrogens with one attached hydrogen (secondary N) is 1. The second kappa shape index (κ2) is 6.54. The van der Waals surface area contributed by atoms with Crippen LogP contribution in [-0.4, -0.2) is 60.2 Å². The van der Waals surface area contributed by atoms with Crippen molar-refractivity contribution in [1.82, 2.24) is 15.2 Å². The number of nitrogens with zero attached hydrogens (tertiary/aromatic N) is 3. The third-order valence-corrected chi connectivity index (χ3v) is 3.46. The van der Waals surface area contributed by atoms with Crippen molar-refractivity contribution in [2.45, 2.75) is 6.43 Å². The van der Waals surface area contributed by atoms with Gasteiger partial charge in [0.2, 0.25) is 0 Å². The van der Waals surface area contributed by atoms with Crippen LogP contribution in [0.15, 0.2) is 12.1 Å². The van der Waals surface area contributed by atoms with Crippen LogP contribution in [0.3, 0.4) is 0 Å². The Bertz CT molecular complexity index is 574. The summed E-state index contributed by atoms with van der Waals surface area (Å²) in [6.07, 6.45) is -3.85. The third-order valence-electron chi connectivity index (χ3n) is 3.46. The number of pyridine rings is 1. The minimum Gasteiger partial charge on any atom is -0.465 e. The smallest absolute Gasteiger partial charge is 0.407 e. The van der Waals surface area contributed by atoms with E-state index in [1.54, 1.807) is 4.90 Å². The van der Waals surface area contributed by atoms with Gasteiger partial charge in [-0.1, -0.05) is 0 Å². The molecule has 0 bridgehead atoms. The molecule has 0 aliphatic carbocycles. The Morgan fingerprint density at radius 2 is 1.91 bits per heavy atom. The SMILES string of the molecule is CNC(=O)c1ccc(N2CCN(C(=O)O)CC2)c(C(F)F)n1. The topological polar surface area (TPSA) is 85.8 Å². The highest BCUT2D eigenvalue weighted by Crippen LogP contribution is 2.29. The minimum absolute atomic E-state index is 0.0780. The second-order valence-corrected chi connectivity index (χ2v) is 4.74. The van der Waals surface area contributed by atoms with E-state index < -0.39 is 24.1 Å². The Morgan fingerprint density at radius 1 is 1.27 bits per heavy atom. The van der Waals surface area contributed by atoms with Gasteiger partial charge < -0.3 is 20.2 Å². The van der Waals surface area contributed by atoms with E-state index in [1.807, 2.05) is 0 Å². The lowest BCUT2D eigenvalue weighted by molar-refractivity contribution is 0.0955. The fraction of sp³-hybridized carbons (Fsp3) is 0.462. The number of hydrogen-bond acceptors (Lipinski definition) is 4. The average molecular weight is 314 g/mol. The molecule has 22 heavy (non-hydrogen) atoms. The molecule has 1 aliphatic heterocycles. The summed E-state index contributed by atoms with van der Waals surface area (Å²) in [4.78, 5) is 29.0. The molecule has 0 unspecified atom stereocenters. The van der Waals surface area contributed by atoms with Gasteiger partial charge in [-0.05, 0) is 12.1 Å². The second-order valence-electron chi connectivity index (χ2n) is 4.74. The van der Waals surface area contributed by atoms with Crippen LogP contribution in [-0.2, 0) is 0 Å². The first kappa shape index (κ1) is 15.9. The highest BCUT2D eigenvalue weighted by molar-refractivity contribution is 5.92. The number of anilines is 1. The van der Waals surface area contributed by atoms with E-state index in [0.717, 1.165) is 0 Å². The van der Waals surface area contributed by atoms with Crippen molar-refractivity contribution in [3.63, 3.8) is 0 Å². The maximum Gasteiger partial charge on any atom is 0.407 e. The lowest BCUT2D eigenvalue weighted by Crippen LogP contribution is -2.48. The monoisotopic (exact) mass is 314 g/mol. The third kappa shape index (κ3) is 3.23. The number of amides is 2. The van der Waals surface area contributed by atoms with Crippen molar-refractivity contribution in [2.24, 2.45) is 0 Å². The molecule has 2 heterocycles. The van der Waals surface area contributed by atoms with Crippen LogP contribution in [0.4, 0.5) is 19.3 Å². The van der Waals surface area contributed by atoms with Gasteiger partial charge in [-0.25, -0.2) is 18.6 Å². The number of alkyl halides is 2. The molecule has 1 aromatic rings. The lowest BCUT2D eigenvalue weighted by atomic mass is 10.2. The van der Waals surface area contributed by atoms with Gasteiger partial charge in [-0.3, -0.25) is 4.79 Å². The standard InChI is InChI=1S/C13H16F2N4O3/c1-16-12(20)8-2-3-9(10(17-8)11(14)15)18-4-6-19(7-5-18)13(21)22/h2-3,11H,4-7H2,1H3,(H,16,20)(H,21,22). The Labute approximate surface area is 125 Å². The van der Waals surface area contributed by atoms with Gasteiger partial charge in [0.05, 0.1) is 5.69 Å². The number of halogens is 2. The summed E-state index contributed by atoms with van der Waals surface area (Å²) in [5.41, 5.74) is -0.316. The number of rotatable bonds is 3. The summed E-state index contributed by atoms with van der Waals surface area (Å²) >= 11 is 0. The Morgan fingerprint density at radius 3 is 2.41 bits per heavy atom. The van der Waals surface area contributed by atoms with Crippen molar-refractivity contribution >= 4 is 17.7 Å². The van der Waals surface area contributed by atoms with Gasteiger partial charge in [-0.2, -0.15) is 0 Å². The van der Waals surface area contributed by atoms with Crippen LogP contribution in [0.25, 0.3) is 0 Å². The van der Waals surface area contributed by atoms with E-state index in [4.69, 9.17) is 5.11 Å². The fourth-order valence-corrected chi connectivity index (χ4v) is 2.29. The normalized spacial score (nSPS) is 15.1. The van der Waals surface area contributed by atoms with Crippen molar-refractivity contribution in [1.29, 1.82) is 0 Å². The minimum atomic E-state index is -2.82. The van der Waals surface area contributed by atoms with E-state index in [1.165, 1.54) is 24.1 Å². The van der Waals surface area contributed by atoms with Gasteiger partial charge in [0.1, 0.15) is 11.4 Å². The van der Waals surface area contributed by atoms with Crippen molar-refractivity contribution in [3.8, 4) is 0 Å². The van der Waals surface area contributed by atoms with Crippen LogP contribution in [0.5, 0.6) is 0 Å². The zero-order valence-corrected chi connectivity index (χ0v) is 11.9. The molecule has 120 valence electrons. The zero-order chi connectivity index (χ0) is 16.3. The maximum atomic E-state index is 13.2. The molecular weight excluding hydrogens is 298 g/mol. The molecule has 1 aliphatic rings. The fourth-order valence-electron chi connectivity index (χ4n) is 2.29. The zero-order valence-electron chi connectivity index (χ0n) is 11.9. The lowest BCUT2D eigenvalue weighted by Gasteiger charge is -2.35. The molecule has 9 heteroatoms. The first-order valence-corrected chi connectivity index (χ1v) is 6.68. The summed E-state index contributed by atoms with van der Waals surface area (Å²) in [5, 5.41) is 11.2. The first-order chi connectivity index (χ1) is 10.4. The predicted molar refractivity (Wildman–Crippen MR) is 74.4 cm³/mol. The molecule has 7 nitrogen and oxygen atoms in total. The molecule has 0 saturated carbocycles. The largest absolute Gasteiger partial charge is 0.465 e. The summed E-state index contributed by atoms with van der Waals surface area (Å²) in [6, 6.07) is 2.80. The van der Waals surface area contributed by atoms with Crippen LogP contribution in [0, 0.1) is 0 Å². The first-order valence-electron chi connectivity index (χ1n) is 6.68. The van der Waals surface area contributed by atoms with Gasteiger partial charge in [0.15, 0.2) is 0 Å². The van der Waals surface area contributed by atoms with E-state index in [-0.39, 0.29) is 24.5 Å². The molecule has 1 fully saturated rings. The Kier molecular flexibility index (Phi) is 4.74. The van der Waals surface area contributed by atoms with Crippen molar-refractivity contribution in [2.75, 3.05) is 38.1 Å². The van der Waals surface area contributed by atoms with Crippen LogP contribution in [0.1, 0.15) is 22.6 Å². The van der Waals surface area contributed by atoms with E-state index in [9.17, 15) is 18.4 Å². The molecule has 1 aromatic heterocycles. The van der Waals surface area contributed by atoms with E-state index >= 15 is 0 Å².